The van der Waals surface area contributed by atoms with E-state index in [0.717, 1.165) is 23.9 Å². The first-order valence-corrected chi connectivity index (χ1v) is 21.8. The van der Waals surface area contributed by atoms with Gasteiger partial charge in [0, 0.05) is 67.6 Å². The lowest BCUT2D eigenvalue weighted by atomic mass is 9.72. The number of aliphatic hydroxyl groups excluding tert-OH is 1. The molecule has 1 unspecified atom stereocenters. The Labute approximate surface area is 360 Å². The number of Topliss-reactive ketones (excluding diaryl/α,β-unsaturated/α-hetero) is 2. The lowest BCUT2D eigenvalue weighted by Gasteiger charge is -2.47. The second-order valence-corrected chi connectivity index (χ2v) is 18.1. The molecule has 0 aliphatic carbocycles. The molecule has 3 aliphatic heterocycles. The third-order valence-corrected chi connectivity index (χ3v) is 13.4. The third kappa shape index (κ3) is 9.73. The SMILES string of the molecule is CC[C@H]1OC(=O)[C@@](C)(F)C(=O)[C@H](C)[C@@H](OC2O[C@H](C)C[C@H](N(C)C)[C@H]2O)[C@@](C)(OC)C[C@@H](C)C(=O)[C@H](C)[C@@H]2N(CCCCn3cnc(-c4ccc(C)nc4)c3)C(=O)O[C@@]21CC. The van der Waals surface area contributed by atoms with E-state index in [9.17, 15) is 24.3 Å². The van der Waals surface area contributed by atoms with E-state index in [1.165, 1.54) is 14.0 Å². The van der Waals surface area contributed by atoms with Crippen LogP contribution >= 0.6 is 0 Å². The Balaban J connectivity index is 1.47. The number of likely N-dealkylation sites (N-methyl/N-ethyl adjacent to an activating group) is 1. The Morgan fingerprint density at radius 1 is 1.02 bits per heavy atom. The predicted molar refractivity (Wildman–Crippen MR) is 224 cm³/mol. The van der Waals surface area contributed by atoms with Crippen LogP contribution in [0, 0.1) is 24.7 Å². The number of esters is 1. The number of hydrogen-bond acceptors (Lipinski definition) is 13. The maximum atomic E-state index is 17.0. The Bertz CT molecular complexity index is 1860. The molecular weight excluding hydrogens is 790 g/mol. The van der Waals surface area contributed by atoms with Gasteiger partial charge in [0.2, 0.25) is 0 Å². The van der Waals surface area contributed by atoms with Crippen molar-refractivity contribution in [3.63, 3.8) is 0 Å². The van der Waals surface area contributed by atoms with E-state index in [0.29, 0.717) is 25.8 Å². The maximum absolute atomic E-state index is 17.0. The first-order valence-electron chi connectivity index (χ1n) is 21.8. The molecule has 0 bridgehead atoms. The number of ketones is 2. The molecule has 0 spiro atoms. The van der Waals surface area contributed by atoms with Gasteiger partial charge in [-0.3, -0.25) is 14.6 Å². The number of carbonyl (C=O) groups excluding carboxylic acids is 4. The Hall–Kier alpha value is -3.83. The molecule has 0 radical (unpaired) electrons. The van der Waals surface area contributed by atoms with Crippen molar-refractivity contribution in [3.8, 4) is 11.3 Å². The van der Waals surface area contributed by atoms with Gasteiger partial charge < -0.3 is 43.2 Å². The van der Waals surface area contributed by atoms with Gasteiger partial charge in [-0.15, -0.1) is 0 Å². The van der Waals surface area contributed by atoms with Gasteiger partial charge in [-0.1, -0.05) is 34.6 Å². The van der Waals surface area contributed by atoms with Crippen molar-refractivity contribution in [1.29, 1.82) is 0 Å². The molecule has 3 saturated heterocycles. The van der Waals surface area contributed by atoms with Crippen LogP contribution in [-0.2, 0) is 44.6 Å². The highest BCUT2D eigenvalue weighted by molar-refractivity contribution is 6.08. The molecule has 1 amide bonds. The van der Waals surface area contributed by atoms with Crippen molar-refractivity contribution in [1.82, 2.24) is 24.3 Å². The number of amides is 1. The van der Waals surface area contributed by atoms with Crippen molar-refractivity contribution >= 4 is 23.6 Å². The Morgan fingerprint density at radius 2 is 1.70 bits per heavy atom. The van der Waals surface area contributed by atoms with Crippen LogP contribution in [0.2, 0.25) is 0 Å². The highest BCUT2D eigenvalue weighted by atomic mass is 19.1. The number of aryl methyl sites for hydroxylation is 2. The molecule has 2 aromatic rings. The number of aromatic nitrogens is 3. The zero-order chi connectivity index (χ0) is 45.2. The zero-order valence-electron chi connectivity index (χ0n) is 38.1. The van der Waals surface area contributed by atoms with Gasteiger partial charge in [0.25, 0.3) is 5.67 Å². The second-order valence-electron chi connectivity index (χ2n) is 18.1. The van der Waals surface area contributed by atoms with Crippen molar-refractivity contribution in [2.24, 2.45) is 17.8 Å². The molecule has 5 rings (SSSR count). The van der Waals surface area contributed by atoms with Crippen LogP contribution in [0.3, 0.4) is 0 Å². The number of ether oxygens (including phenoxy) is 5. The van der Waals surface area contributed by atoms with Crippen LogP contribution in [0.15, 0.2) is 30.9 Å². The lowest BCUT2D eigenvalue weighted by molar-refractivity contribution is -0.295. The summed E-state index contributed by atoms with van der Waals surface area (Å²) in [6.45, 7) is 15.6. The smallest absolute Gasteiger partial charge is 0.410 e. The van der Waals surface area contributed by atoms with Crippen LogP contribution < -0.4 is 0 Å². The summed E-state index contributed by atoms with van der Waals surface area (Å²) in [5, 5.41) is 11.4. The van der Waals surface area contributed by atoms with Crippen LogP contribution in [0.1, 0.15) is 99.6 Å². The number of cyclic esters (lactones) is 1. The summed E-state index contributed by atoms with van der Waals surface area (Å²) in [7, 11) is 5.06. The van der Waals surface area contributed by atoms with Crippen LogP contribution in [0.5, 0.6) is 0 Å². The van der Waals surface area contributed by atoms with Crippen LogP contribution in [0.25, 0.3) is 11.3 Å². The van der Waals surface area contributed by atoms with E-state index in [2.05, 4.69) is 9.97 Å². The average Bonchev–Trinajstić information content (AvgIpc) is 3.82. The van der Waals surface area contributed by atoms with Crippen molar-refractivity contribution in [2.45, 2.75) is 167 Å². The molecule has 15 nitrogen and oxygen atoms in total. The Morgan fingerprint density at radius 3 is 2.31 bits per heavy atom. The summed E-state index contributed by atoms with van der Waals surface area (Å²) in [6.07, 6.45) is 1.48. The number of unbranched alkanes of at least 4 members (excludes halogenated alkanes) is 1. The molecule has 0 aromatic carbocycles. The van der Waals surface area contributed by atoms with E-state index in [1.807, 2.05) is 55.7 Å². The third-order valence-electron chi connectivity index (χ3n) is 13.4. The topological polar surface area (TPSA) is 172 Å². The summed E-state index contributed by atoms with van der Waals surface area (Å²) >= 11 is 0. The minimum Gasteiger partial charge on any atom is -0.455 e. The number of aliphatic hydroxyl groups is 1. The van der Waals surface area contributed by atoms with Crippen molar-refractivity contribution in [3.05, 3.63) is 36.5 Å². The van der Waals surface area contributed by atoms with E-state index in [-0.39, 0.29) is 43.7 Å². The van der Waals surface area contributed by atoms with Crippen molar-refractivity contribution < 1.29 is 52.4 Å². The Kier molecular flexibility index (Phi) is 15.2. The number of rotatable bonds is 12. The van der Waals surface area contributed by atoms with E-state index >= 15 is 4.39 Å². The molecule has 3 fully saturated rings. The molecule has 61 heavy (non-hydrogen) atoms. The number of methoxy groups -OCH3 is 1. The lowest BCUT2D eigenvalue weighted by Crippen LogP contribution is -2.62. The standard InChI is InChI=1S/C45H68FN5O10/c1-13-34-45(14-2)37(51(42(56)61-45)20-16-15-19-50-24-32(48-25-50)31-18-17-27(4)47-23-31)29(6)35(52)26(3)22-43(8,57-12)39(30(7)38(54)44(9,46)41(55)59-34)60-40-36(53)33(49(10)11)21-28(5)58-40/h17-18,23-26,28-30,33-34,36-37,39-40,53H,13-16,19-22H2,1-12H3/t26-,28-,29+,30+,33+,34-,36-,37+,39-,40?,43+,44+,45-/m1/s1. The van der Waals surface area contributed by atoms with Gasteiger partial charge in [0.1, 0.15) is 18.0 Å². The van der Waals surface area contributed by atoms with E-state index in [4.69, 9.17) is 23.7 Å². The molecule has 1 N–H and O–H groups in total. The largest absolute Gasteiger partial charge is 0.455 e. The molecule has 3 aliphatic rings. The quantitative estimate of drug-likeness (QED) is 0.156. The summed E-state index contributed by atoms with van der Waals surface area (Å²) in [5.41, 5.74) is -3.57. The summed E-state index contributed by atoms with van der Waals surface area (Å²) in [6, 6.07) is 2.63. The number of nitrogens with zero attached hydrogens (tertiary/aromatic N) is 5. The minimum absolute atomic E-state index is 0.00127. The number of carbonyl (C=O) groups is 4. The fourth-order valence-corrected chi connectivity index (χ4v) is 9.83. The normalized spacial score (nSPS) is 36.7. The number of halogens is 1. The van der Waals surface area contributed by atoms with E-state index in [1.54, 1.807) is 52.0 Å². The molecule has 0 saturated carbocycles. The number of alkyl halides is 1. The fraction of sp³-hybridized carbons (Fsp3) is 0.733. The van der Waals surface area contributed by atoms with Gasteiger partial charge in [0.05, 0.1) is 35.9 Å². The summed E-state index contributed by atoms with van der Waals surface area (Å²) in [5.74, 6) is -5.75. The number of fused-ring (bicyclic) bond motifs is 1. The predicted octanol–water partition coefficient (Wildman–Crippen LogP) is 5.72. The monoisotopic (exact) mass is 857 g/mol. The zero-order valence-corrected chi connectivity index (χ0v) is 38.1. The highest BCUT2D eigenvalue weighted by Crippen LogP contribution is 2.45. The summed E-state index contributed by atoms with van der Waals surface area (Å²) in [4.78, 5) is 69.5. The maximum Gasteiger partial charge on any atom is 0.410 e. The first kappa shape index (κ1) is 48.2. The average molecular weight is 858 g/mol. The molecule has 16 heteroatoms. The van der Waals surface area contributed by atoms with Crippen LogP contribution in [-0.4, -0.2) is 140 Å². The number of hydrogen-bond donors (Lipinski definition) is 1. The minimum atomic E-state index is -3.18. The van der Waals surface area contributed by atoms with Gasteiger partial charge in [0.15, 0.2) is 17.7 Å². The van der Waals surface area contributed by atoms with Gasteiger partial charge in [-0.25, -0.2) is 19.0 Å². The number of pyridine rings is 1. The summed E-state index contributed by atoms with van der Waals surface area (Å²) < 4.78 is 49.9. The first-order chi connectivity index (χ1) is 28.6. The van der Waals surface area contributed by atoms with Crippen molar-refractivity contribution in [2.75, 3.05) is 27.7 Å². The fourth-order valence-electron chi connectivity index (χ4n) is 9.83. The molecular formula is C45H68FN5O10. The van der Waals surface area contributed by atoms with E-state index < -0.39 is 83.1 Å². The number of imidazole rings is 1. The van der Waals surface area contributed by atoms with Gasteiger partial charge in [-0.05, 0) is 92.4 Å². The second kappa shape index (κ2) is 19.3. The molecule has 2 aromatic heterocycles. The van der Waals surface area contributed by atoms with Gasteiger partial charge >= 0.3 is 12.1 Å². The molecule has 13 atom stereocenters. The van der Waals surface area contributed by atoms with Gasteiger partial charge in [-0.2, -0.15) is 0 Å². The molecule has 340 valence electrons. The highest BCUT2D eigenvalue weighted by Gasteiger charge is 2.63. The molecule has 5 heterocycles. The van der Waals surface area contributed by atoms with Crippen LogP contribution in [0.4, 0.5) is 9.18 Å².